The van der Waals surface area contributed by atoms with Crippen LogP contribution in [0.5, 0.6) is 0 Å². The molecule has 7 heteroatoms. The van der Waals surface area contributed by atoms with Gasteiger partial charge >= 0.3 is 0 Å². The number of carbonyl (C=O) groups excluding carboxylic acids is 2. The summed E-state index contributed by atoms with van der Waals surface area (Å²) in [5.74, 6) is -0.957. The molecule has 0 aliphatic carbocycles. The van der Waals surface area contributed by atoms with Crippen LogP contribution in [0.25, 0.3) is 0 Å². The van der Waals surface area contributed by atoms with E-state index in [0.29, 0.717) is 18.3 Å². The number of hydrogen-bond donors (Lipinski definition) is 1. The summed E-state index contributed by atoms with van der Waals surface area (Å²) in [6.07, 6.45) is 0.964. The van der Waals surface area contributed by atoms with E-state index < -0.39 is 11.1 Å². The van der Waals surface area contributed by atoms with E-state index in [1.807, 2.05) is 0 Å². The fourth-order valence-corrected chi connectivity index (χ4v) is 3.41. The van der Waals surface area contributed by atoms with Gasteiger partial charge in [-0.25, -0.2) is 4.39 Å². The lowest BCUT2D eigenvalue weighted by Gasteiger charge is -2.33. The normalized spacial score (nSPS) is 21.6. The standard InChI is InChI=1S/C14H14FN3O2S/c15-9-4-1-2-5-10(9)17-13(20)11-8-12(19)18-7-3-6-16-14(18)21-11/h1-2,4-5,11H,3,6-8H2,(H,17,20). The van der Waals surface area contributed by atoms with Gasteiger partial charge in [0.25, 0.3) is 0 Å². The zero-order chi connectivity index (χ0) is 14.8. The molecule has 1 aromatic carbocycles. The largest absolute Gasteiger partial charge is 0.323 e. The van der Waals surface area contributed by atoms with E-state index in [-0.39, 0.29) is 23.9 Å². The number of anilines is 1. The highest BCUT2D eigenvalue weighted by atomic mass is 32.2. The van der Waals surface area contributed by atoms with E-state index in [9.17, 15) is 14.0 Å². The van der Waals surface area contributed by atoms with E-state index in [2.05, 4.69) is 10.3 Å². The lowest BCUT2D eigenvalue weighted by atomic mass is 10.2. The average Bonchev–Trinajstić information content (AvgIpc) is 2.49. The number of amidine groups is 1. The zero-order valence-corrected chi connectivity index (χ0v) is 12.0. The van der Waals surface area contributed by atoms with Crippen LogP contribution in [0.15, 0.2) is 29.3 Å². The van der Waals surface area contributed by atoms with Crippen LogP contribution >= 0.6 is 11.8 Å². The van der Waals surface area contributed by atoms with Crippen molar-refractivity contribution in [2.75, 3.05) is 18.4 Å². The van der Waals surface area contributed by atoms with Crippen LogP contribution in [0.1, 0.15) is 12.8 Å². The molecule has 0 aromatic heterocycles. The van der Waals surface area contributed by atoms with Crippen molar-refractivity contribution in [1.29, 1.82) is 0 Å². The van der Waals surface area contributed by atoms with Gasteiger partial charge < -0.3 is 5.32 Å². The monoisotopic (exact) mass is 307 g/mol. The van der Waals surface area contributed by atoms with Gasteiger partial charge in [-0.05, 0) is 18.6 Å². The summed E-state index contributed by atoms with van der Waals surface area (Å²) >= 11 is 1.27. The molecule has 1 fully saturated rings. The Morgan fingerprint density at radius 3 is 3.05 bits per heavy atom. The van der Waals surface area contributed by atoms with Gasteiger partial charge in [0.1, 0.15) is 11.1 Å². The second-order valence-corrected chi connectivity index (χ2v) is 6.01. The van der Waals surface area contributed by atoms with Crippen LogP contribution in [-0.4, -0.2) is 40.2 Å². The molecule has 2 amide bonds. The molecule has 1 saturated heterocycles. The van der Waals surface area contributed by atoms with Crippen molar-refractivity contribution in [3.63, 3.8) is 0 Å². The second-order valence-electron chi connectivity index (χ2n) is 4.84. The summed E-state index contributed by atoms with van der Waals surface area (Å²) < 4.78 is 13.5. The van der Waals surface area contributed by atoms with E-state index in [0.717, 1.165) is 6.42 Å². The second kappa shape index (κ2) is 5.85. The molecule has 2 aliphatic heterocycles. The Morgan fingerprint density at radius 2 is 2.24 bits per heavy atom. The molecule has 21 heavy (non-hydrogen) atoms. The van der Waals surface area contributed by atoms with Crippen LogP contribution in [0, 0.1) is 5.82 Å². The van der Waals surface area contributed by atoms with Gasteiger partial charge in [0.05, 0.1) is 5.69 Å². The predicted octanol–water partition coefficient (Wildman–Crippen LogP) is 1.86. The summed E-state index contributed by atoms with van der Waals surface area (Å²) in [5.41, 5.74) is 0.128. The SMILES string of the molecule is O=C(Nc1ccccc1F)C1CC(=O)N2CCCN=C2S1. The summed E-state index contributed by atoms with van der Waals surface area (Å²) in [4.78, 5) is 30.2. The van der Waals surface area contributed by atoms with E-state index >= 15 is 0 Å². The van der Waals surface area contributed by atoms with Crippen molar-refractivity contribution in [2.45, 2.75) is 18.1 Å². The number of rotatable bonds is 2. The molecule has 1 aromatic rings. The number of nitrogens with zero attached hydrogens (tertiary/aromatic N) is 2. The number of aliphatic imine (C=N–C) groups is 1. The molecule has 1 unspecified atom stereocenters. The van der Waals surface area contributed by atoms with Crippen LogP contribution in [0.2, 0.25) is 0 Å². The molecule has 2 heterocycles. The third-order valence-corrected chi connectivity index (χ3v) is 4.58. The number of para-hydroxylation sites is 1. The van der Waals surface area contributed by atoms with Gasteiger partial charge in [-0.15, -0.1) is 0 Å². The number of amides is 2. The first-order chi connectivity index (χ1) is 10.1. The number of nitrogens with one attached hydrogen (secondary N) is 1. The Kier molecular flexibility index (Phi) is 3.92. The maximum atomic E-state index is 13.5. The highest BCUT2D eigenvalue weighted by Gasteiger charge is 2.36. The van der Waals surface area contributed by atoms with Crippen LogP contribution in [0.3, 0.4) is 0 Å². The Morgan fingerprint density at radius 1 is 1.43 bits per heavy atom. The first kappa shape index (κ1) is 14.1. The molecular weight excluding hydrogens is 293 g/mol. The number of halogens is 1. The molecule has 5 nitrogen and oxygen atoms in total. The van der Waals surface area contributed by atoms with E-state index in [1.54, 1.807) is 17.0 Å². The molecule has 0 bridgehead atoms. The van der Waals surface area contributed by atoms with Gasteiger partial charge in [-0.2, -0.15) is 0 Å². The van der Waals surface area contributed by atoms with Crippen molar-refractivity contribution in [1.82, 2.24) is 4.90 Å². The Bertz CT molecular complexity index is 620. The summed E-state index contributed by atoms with van der Waals surface area (Å²) in [6, 6.07) is 5.97. The van der Waals surface area contributed by atoms with Crippen molar-refractivity contribution >= 4 is 34.4 Å². The van der Waals surface area contributed by atoms with E-state index in [4.69, 9.17) is 0 Å². The molecule has 3 rings (SSSR count). The van der Waals surface area contributed by atoms with E-state index in [1.165, 1.54) is 23.9 Å². The maximum Gasteiger partial charge on any atom is 0.238 e. The maximum absolute atomic E-state index is 13.5. The topological polar surface area (TPSA) is 61.8 Å². The minimum atomic E-state index is -0.565. The lowest BCUT2D eigenvalue weighted by molar-refractivity contribution is -0.129. The summed E-state index contributed by atoms with van der Waals surface area (Å²) in [7, 11) is 0. The van der Waals surface area contributed by atoms with Crippen LogP contribution < -0.4 is 5.32 Å². The van der Waals surface area contributed by atoms with Crippen molar-refractivity contribution in [3.05, 3.63) is 30.1 Å². The van der Waals surface area contributed by atoms with Gasteiger partial charge in [0.2, 0.25) is 11.8 Å². The fourth-order valence-electron chi connectivity index (χ4n) is 2.28. The highest BCUT2D eigenvalue weighted by molar-refractivity contribution is 8.15. The minimum Gasteiger partial charge on any atom is -0.323 e. The molecular formula is C14H14FN3O2S. The Labute approximate surface area is 125 Å². The zero-order valence-electron chi connectivity index (χ0n) is 11.2. The lowest BCUT2D eigenvalue weighted by Crippen LogP contribution is -2.47. The fraction of sp³-hybridized carbons (Fsp3) is 0.357. The number of fused-ring (bicyclic) bond motifs is 1. The van der Waals surface area contributed by atoms with Crippen molar-refractivity contribution in [2.24, 2.45) is 4.99 Å². The quantitative estimate of drug-likeness (QED) is 0.907. The van der Waals surface area contributed by atoms with Crippen molar-refractivity contribution < 1.29 is 14.0 Å². The number of benzene rings is 1. The average molecular weight is 307 g/mol. The number of thioether (sulfide) groups is 1. The smallest absolute Gasteiger partial charge is 0.238 e. The third kappa shape index (κ3) is 2.92. The Balaban J connectivity index is 1.72. The molecule has 1 N–H and O–H groups in total. The number of hydrogen-bond acceptors (Lipinski definition) is 4. The highest BCUT2D eigenvalue weighted by Crippen LogP contribution is 2.29. The van der Waals surface area contributed by atoms with Gasteiger partial charge in [-0.3, -0.25) is 19.5 Å². The summed E-state index contributed by atoms with van der Waals surface area (Å²) in [6.45, 7) is 1.33. The van der Waals surface area contributed by atoms with Crippen LogP contribution in [0.4, 0.5) is 10.1 Å². The Hall–Kier alpha value is -1.89. The molecule has 0 saturated carbocycles. The van der Waals surface area contributed by atoms with Gasteiger partial charge in [-0.1, -0.05) is 23.9 Å². The van der Waals surface area contributed by atoms with Gasteiger partial charge in [0.15, 0.2) is 5.17 Å². The molecule has 1 atom stereocenters. The van der Waals surface area contributed by atoms with Crippen LogP contribution in [-0.2, 0) is 9.59 Å². The molecule has 110 valence electrons. The first-order valence-corrected chi connectivity index (χ1v) is 7.60. The van der Waals surface area contributed by atoms with Crippen molar-refractivity contribution in [3.8, 4) is 0 Å². The molecule has 0 radical (unpaired) electrons. The summed E-state index contributed by atoms with van der Waals surface area (Å²) in [5, 5.41) is 2.57. The molecule has 0 spiro atoms. The first-order valence-electron chi connectivity index (χ1n) is 6.72. The minimum absolute atomic E-state index is 0.0964. The number of carbonyl (C=O) groups is 2. The van der Waals surface area contributed by atoms with Gasteiger partial charge in [0, 0.05) is 19.5 Å². The third-order valence-electron chi connectivity index (χ3n) is 3.35. The molecule has 2 aliphatic rings. The predicted molar refractivity (Wildman–Crippen MR) is 79.7 cm³/mol.